The van der Waals surface area contributed by atoms with E-state index in [2.05, 4.69) is 17.2 Å². The van der Waals surface area contributed by atoms with Gasteiger partial charge < -0.3 is 14.8 Å². The molecule has 0 saturated heterocycles. The van der Waals surface area contributed by atoms with Crippen molar-refractivity contribution in [3.63, 3.8) is 0 Å². The molecule has 2 aromatic carbocycles. The maximum absolute atomic E-state index is 12.0. The molecule has 5 nitrogen and oxygen atoms in total. The number of carbonyl (C=O) groups is 1. The number of ether oxygens (including phenoxy) is 2. The number of nitrogens with zero attached hydrogens (tertiary/aromatic N) is 1. The van der Waals surface area contributed by atoms with Gasteiger partial charge in [0.05, 0.1) is 20.3 Å². The zero-order valence-electron chi connectivity index (χ0n) is 13.4. The largest absolute Gasteiger partial charge is 0.497 e. The molecule has 0 aliphatic heterocycles. The minimum absolute atomic E-state index is 0.456. The van der Waals surface area contributed by atoms with E-state index in [4.69, 9.17) is 9.47 Å². The van der Waals surface area contributed by atoms with Crippen molar-refractivity contribution in [1.29, 1.82) is 5.26 Å². The third-order valence-corrected chi connectivity index (χ3v) is 3.25. The Morgan fingerprint density at radius 3 is 2.50 bits per heavy atom. The fourth-order valence-corrected chi connectivity index (χ4v) is 2.05. The summed E-state index contributed by atoms with van der Waals surface area (Å²) >= 11 is 0. The van der Waals surface area contributed by atoms with Crippen molar-refractivity contribution in [2.45, 2.75) is 6.04 Å². The van der Waals surface area contributed by atoms with Crippen molar-refractivity contribution in [1.82, 2.24) is 5.32 Å². The van der Waals surface area contributed by atoms with E-state index in [-0.39, 0.29) is 0 Å². The number of methoxy groups -OCH3 is 2. The fourth-order valence-electron chi connectivity index (χ4n) is 2.05. The molecule has 0 saturated carbocycles. The number of nitriles is 1. The van der Waals surface area contributed by atoms with Gasteiger partial charge in [0.2, 0.25) is 0 Å². The van der Waals surface area contributed by atoms with E-state index in [9.17, 15) is 10.1 Å². The molecule has 0 aromatic heterocycles. The van der Waals surface area contributed by atoms with E-state index < -0.39 is 11.9 Å². The van der Waals surface area contributed by atoms with Gasteiger partial charge in [-0.2, -0.15) is 5.26 Å². The Kier molecular flexibility index (Phi) is 5.82. The molecule has 0 heterocycles. The molecule has 2 aromatic rings. The molecule has 1 atom stereocenters. The fraction of sp³-hybridized carbons (Fsp3) is 0.158. The molecule has 0 aliphatic rings. The van der Waals surface area contributed by atoms with Crippen molar-refractivity contribution in [2.24, 2.45) is 0 Å². The first-order chi connectivity index (χ1) is 11.7. The number of amides is 1. The Morgan fingerprint density at radius 1 is 1.12 bits per heavy atom. The van der Waals surface area contributed by atoms with Gasteiger partial charge in [-0.25, -0.2) is 0 Å². The molecule has 2 rings (SSSR count). The van der Waals surface area contributed by atoms with Crippen molar-refractivity contribution in [2.75, 3.05) is 14.2 Å². The van der Waals surface area contributed by atoms with E-state index >= 15 is 0 Å². The van der Waals surface area contributed by atoms with Crippen LogP contribution in [-0.2, 0) is 4.79 Å². The number of carbonyl (C=O) groups excluding carboxylic acids is 1. The second-order valence-corrected chi connectivity index (χ2v) is 4.76. The Balaban J connectivity index is 2.17. The lowest BCUT2D eigenvalue weighted by Gasteiger charge is -2.14. The average molecular weight is 320 g/mol. The predicted molar refractivity (Wildman–Crippen MR) is 89.4 cm³/mol. The van der Waals surface area contributed by atoms with Crippen LogP contribution in [0.4, 0.5) is 0 Å². The quantitative estimate of drug-likeness (QED) is 0.878. The first kappa shape index (κ1) is 16.9. The van der Waals surface area contributed by atoms with Crippen molar-refractivity contribution < 1.29 is 14.3 Å². The van der Waals surface area contributed by atoms with Gasteiger partial charge in [-0.3, -0.25) is 4.79 Å². The number of hydrogen-bond donors (Lipinski definition) is 1. The maximum Gasteiger partial charge on any atom is 0.297 e. The van der Waals surface area contributed by atoms with Crippen molar-refractivity contribution in [3.05, 3.63) is 59.7 Å². The SMILES string of the molecule is COc1ccc([C@@H](C#N)NC(=O)C#Cc2ccccc2)c(OC)c1. The second kappa shape index (κ2) is 8.26. The smallest absolute Gasteiger partial charge is 0.297 e. The van der Waals surface area contributed by atoms with Crippen LogP contribution in [0.2, 0.25) is 0 Å². The number of benzene rings is 2. The Hall–Kier alpha value is -3.44. The summed E-state index contributed by atoms with van der Waals surface area (Å²) < 4.78 is 10.4. The van der Waals surface area contributed by atoms with Crippen LogP contribution in [0.1, 0.15) is 17.2 Å². The van der Waals surface area contributed by atoms with Gasteiger partial charge in [0.1, 0.15) is 17.5 Å². The second-order valence-electron chi connectivity index (χ2n) is 4.76. The zero-order chi connectivity index (χ0) is 17.4. The van der Waals surface area contributed by atoms with E-state index in [1.54, 1.807) is 30.3 Å². The molecule has 24 heavy (non-hydrogen) atoms. The van der Waals surface area contributed by atoms with Crippen molar-refractivity contribution in [3.8, 4) is 29.4 Å². The lowest BCUT2D eigenvalue weighted by Crippen LogP contribution is -2.26. The molecule has 0 bridgehead atoms. The van der Waals surface area contributed by atoms with E-state index in [0.717, 1.165) is 5.56 Å². The summed E-state index contributed by atoms with van der Waals surface area (Å²) in [6.07, 6.45) is 0. The molecule has 1 amide bonds. The van der Waals surface area contributed by atoms with E-state index in [1.165, 1.54) is 14.2 Å². The third-order valence-electron chi connectivity index (χ3n) is 3.25. The number of nitrogens with one attached hydrogen (secondary N) is 1. The van der Waals surface area contributed by atoms with Gasteiger partial charge in [-0.1, -0.05) is 24.1 Å². The highest BCUT2D eigenvalue weighted by atomic mass is 16.5. The van der Waals surface area contributed by atoms with Gasteiger partial charge in [0.25, 0.3) is 5.91 Å². The molecule has 0 spiro atoms. The molecular weight excluding hydrogens is 304 g/mol. The first-order valence-electron chi connectivity index (χ1n) is 7.17. The van der Waals surface area contributed by atoms with Gasteiger partial charge in [-0.15, -0.1) is 0 Å². The van der Waals surface area contributed by atoms with Gasteiger partial charge in [0.15, 0.2) is 0 Å². The maximum atomic E-state index is 12.0. The van der Waals surface area contributed by atoms with Crippen LogP contribution in [0.25, 0.3) is 0 Å². The first-order valence-corrected chi connectivity index (χ1v) is 7.17. The van der Waals surface area contributed by atoms with Crippen LogP contribution in [0.15, 0.2) is 48.5 Å². The molecular formula is C19H16N2O3. The summed E-state index contributed by atoms with van der Waals surface area (Å²) in [6, 6.07) is 15.3. The number of hydrogen-bond acceptors (Lipinski definition) is 4. The monoisotopic (exact) mass is 320 g/mol. The zero-order valence-corrected chi connectivity index (χ0v) is 13.4. The van der Waals surface area contributed by atoms with E-state index in [1.807, 2.05) is 24.3 Å². The van der Waals surface area contributed by atoms with Crippen LogP contribution in [0, 0.1) is 23.2 Å². The Bertz CT molecular complexity index is 814. The van der Waals surface area contributed by atoms with Gasteiger partial charge in [-0.05, 0) is 24.3 Å². The molecule has 120 valence electrons. The van der Waals surface area contributed by atoms with Crippen molar-refractivity contribution >= 4 is 5.91 Å². The molecule has 0 aliphatic carbocycles. The van der Waals surface area contributed by atoms with Gasteiger partial charge in [0, 0.05) is 23.1 Å². The van der Waals surface area contributed by atoms with Crippen LogP contribution in [0.5, 0.6) is 11.5 Å². The topological polar surface area (TPSA) is 71.3 Å². The Morgan fingerprint density at radius 2 is 1.88 bits per heavy atom. The summed E-state index contributed by atoms with van der Waals surface area (Å²) in [4.78, 5) is 12.0. The van der Waals surface area contributed by atoms with E-state index in [0.29, 0.717) is 17.1 Å². The lowest BCUT2D eigenvalue weighted by atomic mass is 10.1. The van der Waals surface area contributed by atoms with Crippen LogP contribution >= 0.6 is 0 Å². The summed E-state index contributed by atoms with van der Waals surface area (Å²) in [6.45, 7) is 0. The predicted octanol–water partition coefficient (Wildman–Crippen LogP) is 2.44. The standard InChI is InChI=1S/C19H16N2O3/c1-23-15-9-10-16(18(12-15)24-2)17(13-20)21-19(22)11-8-14-6-4-3-5-7-14/h3-7,9-10,12,17H,1-2H3,(H,21,22)/t17-/m1/s1. The average Bonchev–Trinajstić information content (AvgIpc) is 2.64. The third kappa shape index (κ3) is 4.28. The lowest BCUT2D eigenvalue weighted by molar-refractivity contribution is -0.116. The van der Waals surface area contributed by atoms with Crippen LogP contribution < -0.4 is 14.8 Å². The van der Waals surface area contributed by atoms with Gasteiger partial charge >= 0.3 is 0 Å². The molecule has 0 fully saturated rings. The molecule has 5 heteroatoms. The normalized spacial score (nSPS) is 10.5. The summed E-state index contributed by atoms with van der Waals surface area (Å²) in [7, 11) is 3.03. The summed E-state index contributed by atoms with van der Waals surface area (Å²) in [5, 5.41) is 11.9. The van der Waals surface area contributed by atoms with Crippen LogP contribution in [-0.4, -0.2) is 20.1 Å². The highest BCUT2D eigenvalue weighted by molar-refractivity contribution is 5.94. The Labute approximate surface area is 140 Å². The molecule has 0 radical (unpaired) electrons. The highest BCUT2D eigenvalue weighted by Gasteiger charge is 2.18. The molecule has 1 N–H and O–H groups in total. The summed E-state index contributed by atoms with van der Waals surface area (Å²) in [5.41, 5.74) is 1.26. The minimum atomic E-state index is -0.872. The molecule has 0 unspecified atom stereocenters. The highest BCUT2D eigenvalue weighted by Crippen LogP contribution is 2.29. The van der Waals surface area contributed by atoms with Crippen LogP contribution in [0.3, 0.4) is 0 Å². The summed E-state index contributed by atoms with van der Waals surface area (Å²) in [5.74, 6) is 5.74. The number of rotatable bonds is 4. The minimum Gasteiger partial charge on any atom is -0.497 e.